The summed E-state index contributed by atoms with van der Waals surface area (Å²) in [6.45, 7) is 2.00. The summed E-state index contributed by atoms with van der Waals surface area (Å²) >= 11 is 0. The van der Waals surface area contributed by atoms with Crippen LogP contribution in [0.2, 0.25) is 0 Å². The SMILES string of the molecule is Cc1ccc2nc3ccccc3c(C(N)CC(=O)O)c2c1. The van der Waals surface area contributed by atoms with Gasteiger partial charge < -0.3 is 10.8 Å². The Kier molecular flexibility index (Phi) is 3.31. The second kappa shape index (κ2) is 5.14. The van der Waals surface area contributed by atoms with Crippen molar-refractivity contribution in [3.05, 3.63) is 53.6 Å². The third kappa shape index (κ3) is 2.45. The zero-order chi connectivity index (χ0) is 15.0. The molecule has 0 radical (unpaired) electrons. The lowest BCUT2D eigenvalue weighted by Crippen LogP contribution is -2.16. The highest BCUT2D eigenvalue weighted by Crippen LogP contribution is 2.31. The predicted molar refractivity (Wildman–Crippen MR) is 83.2 cm³/mol. The average Bonchev–Trinajstić information content (AvgIpc) is 2.44. The molecule has 0 saturated heterocycles. The second-order valence-electron chi connectivity index (χ2n) is 5.27. The fraction of sp³-hybridized carbons (Fsp3) is 0.176. The van der Waals surface area contributed by atoms with Crippen molar-refractivity contribution >= 4 is 27.8 Å². The quantitative estimate of drug-likeness (QED) is 0.722. The van der Waals surface area contributed by atoms with Gasteiger partial charge in [0.05, 0.1) is 17.5 Å². The molecular formula is C17H16N2O2. The number of aryl methyl sites for hydroxylation is 1. The van der Waals surface area contributed by atoms with Crippen molar-refractivity contribution in [1.29, 1.82) is 0 Å². The monoisotopic (exact) mass is 280 g/mol. The van der Waals surface area contributed by atoms with Crippen molar-refractivity contribution in [2.75, 3.05) is 0 Å². The van der Waals surface area contributed by atoms with Crippen LogP contribution in [0.15, 0.2) is 42.5 Å². The maximum Gasteiger partial charge on any atom is 0.305 e. The lowest BCUT2D eigenvalue weighted by molar-refractivity contribution is -0.137. The van der Waals surface area contributed by atoms with E-state index in [-0.39, 0.29) is 6.42 Å². The van der Waals surface area contributed by atoms with Gasteiger partial charge in [0.25, 0.3) is 0 Å². The highest BCUT2D eigenvalue weighted by atomic mass is 16.4. The maximum absolute atomic E-state index is 11.0. The minimum absolute atomic E-state index is 0.100. The van der Waals surface area contributed by atoms with Crippen LogP contribution in [0.5, 0.6) is 0 Å². The Labute approximate surface area is 122 Å². The van der Waals surface area contributed by atoms with E-state index in [2.05, 4.69) is 4.98 Å². The van der Waals surface area contributed by atoms with Crippen LogP contribution in [-0.2, 0) is 4.79 Å². The van der Waals surface area contributed by atoms with E-state index in [0.29, 0.717) is 0 Å². The van der Waals surface area contributed by atoms with Crippen LogP contribution in [0.1, 0.15) is 23.6 Å². The Bertz CT molecular complexity index is 843. The fourth-order valence-corrected chi connectivity index (χ4v) is 2.73. The van der Waals surface area contributed by atoms with Gasteiger partial charge in [-0.1, -0.05) is 29.8 Å². The highest BCUT2D eigenvalue weighted by molar-refractivity contribution is 5.98. The van der Waals surface area contributed by atoms with E-state index in [9.17, 15) is 4.79 Å². The number of hydrogen-bond acceptors (Lipinski definition) is 3. The normalized spacial score (nSPS) is 12.7. The first-order chi connectivity index (χ1) is 10.1. The molecule has 3 aromatic rings. The van der Waals surface area contributed by atoms with E-state index in [1.54, 1.807) is 0 Å². The minimum Gasteiger partial charge on any atom is -0.481 e. The summed E-state index contributed by atoms with van der Waals surface area (Å²) in [5.41, 5.74) is 9.81. The van der Waals surface area contributed by atoms with Crippen molar-refractivity contribution in [3.8, 4) is 0 Å². The van der Waals surface area contributed by atoms with E-state index in [1.165, 1.54) is 0 Å². The molecule has 0 aliphatic carbocycles. The van der Waals surface area contributed by atoms with E-state index in [4.69, 9.17) is 10.8 Å². The molecule has 21 heavy (non-hydrogen) atoms. The van der Waals surface area contributed by atoms with Gasteiger partial charge in [0.1, 0.15) is 0 Å². The number of hydrogen-bond donors (Lipinski definition) is 2. The molecule has 1 heterocycles. The Morgan fingerprint density at radius 1 is 1.19 bits per heavy atom. The summed E-state index contributed by atoms with van der Waals surface area (Å²) < 4.78 is 0. The number of carbonyl (C=O) groups is 1. The molecule has 0 aliphatic heterocycles. The minimum atomic E-state index is -0.899. The van der Waals surface area contributed by atoms with Crippen LogP contribution in [0, 0.1) is 6.92 Å². The van der Waals surface area contributed by atoms with Gasteiger partial charge in [0.15, 0.2) is 0 Å². The molecule has 0 fully saturated rings. The number of nitrogens with two attached hydrogens (primary N) is 1. The Morgan fingerprint density at radius 3 is 2.67 bits per heavy atom. The molecule has 2 aromatic carbocycles. The third-order valence-corrected chi connectivity index (χ3v) is 3.64. The largest absolute Gasteiger partial charge is 0.481 e. The van der Waals surface area contributed by atoms with Crippen LogP contribution < -0.4 is 5.73 Å². The molecule has 1 atom stereocenters. The Morgan fingerprint density at radius 2 is 1.90 bits per heavy atom. The molecule has 0 saturated carbocycles. The van der Waals surface area contributed by atoms with Crippen LogP contribution in [-0.4, -0.2) is 16.1 Å². The first kappa shape index (κ1) is 13.5. The standard InChI is InChI=1S/C17H16N2O2/c1-10-6-7-15-12(8-10)17(13(18)9-16(20)21)11-4-2-3-5-14(11)19-15/h2-8,13H,9,18H2,1H3,(H,20,21). The lowest BCUT2D eigenvalue weighted by atomic mass is 9.94. The summed E-state index contributed by atoms with van der Waals surface area (Å²) in [5, 5.41) is 10.9. The van der Waals surface area contributed by atoms with Crippen LogP contribution in [0.4, 0.5) is 0 Å². The number of carboxylic acid groups (broad SMARTS) is 1. The Balaban J connectivity index is 2.38. The average molecular weight is 280 g/mol. The van der Waals surface area contributed by atoms with E-state index >= 15 is 0 Å². The van der Waals surface area contributed by atoms with Crippen LogP contribution in [0.25, 0.3) is 21.8 Å². The molecule has 3 N–H and O–H groups in total. The smallest absolute Gasteiger partial charge is 0.305 e. The van der Waals surface area contributed by atoms with Gasteiger partial charge in [-0.05, 0) is 30.7 Å². The first-order valence-corrected chi connectivity index (χ1v) is 6.82. The molecule has 1 aromatic heterocycles. The number of nitrogens with zero attached hydrogens (tertiary/aromatic N) is 1. The fourth-order valence-electron chi connectivity index (χ4n) is 2.73. The molecule has 3 rings (SSSR count). The van der Waals surface area contributed by atoms with Crippen molar-refractivity contribution in [3.63, 3.8) is 0 Å². The topological polar surface area (TPSA) is 76.2 Å². The van der Waals surface area contributed by atoms with Gasteiger partial charge >= 0.3 is 5.97 Å². The van der Waals surface area contributed by atoms with Crippen molar-refractivity contribution in [1.82, 2.24) is 4.98 Å². The zero-order valence-electron chi connectivity index (χ0n) is 11.7. The summed E-state index contributed by atoms with van der Waals surface area (Å²) in [6.07, 6.45) is -0.100. The van der Waals surface area contributed by atoms with Crippen molar-refractivity contribution in [2.24, 2.45) is 5.73 Å². The van der Waals surface area contributed by atoms with Crippen molar-refractivity contribution in [2.45, 2.75) is 19.4 Å². The summed E-state index contributed by atoms with van der Waals surface area (Å²) in [4.78, 5) is 15.7. The Hall–Kier alpha value is -2.46. The molecule has 106 valence electrons. The number of aromatic nitrogens is 1. The molecule has 0 aliphatic rings. The zero-order valence-corrected chi connectivity index (χ0v) is 11.7. The molecule has 0 spiro atoms. The summed E-state index contributed by atoms with van der Waals surface area (Å²) in [6, 6.07) is 13.1. The molecule has 1 unspecified atom stereocenters. The van der Waals surface area contributed by atoms with E-state index in [0.717, 1.165) is 32.9 Å². The molecule has 0 amide bonds. The predicted octanol–water partition coefficient (Wildman–Crippen LogP) is 3.17. The van der Waals surface area contributed by atoms with Gasteiger partial charge in [-0.2, -0.15) is 0 Å². The number of carboxylic acids is 1. The van der Waals surface area contributed by atoms with E-state index in [1.807, 2.05) is 49.4 Å². The highest BCUT2D eigenvalue weighted by Gasteiger charge is 2.18. The van der Waals surface area contributed by atoms with Gasteiger partial charge in [0.2, 0.25) is 0 Å². The van der Waals surface area contributed by atoms with E-state index < -0.39 is 12.0 Å². The molecule has 4 nitrogen and oxygen atoms in total. The van der Waals surface area contributed by atoms with Crippen LogP contribution >= 0.6 is 0 Å². The maximum atomic E-state index is 11.0. The summed E-state index contributed by atoms with van der Waals surface area (Å²) in [7, 11) is 0. The second-order valence-corrected chi connectivity index (χ2v) is 5.27. The van der Waals surface area contributed by atoms with Gasteiger partial charge in [-0.3, -0.25) is 4.79 Å². The van der Waals surface area contributed by atoms with Crippen LogP contribution in [0.3, 0.4) is 0 Å². The summed E-state index contributed by atoms with van der Waals surface area (Å²) in [5.74, 6) is -0.899. The number of fused-ring (bicyclic) bond motifs is 2. The van der Waals surface area contributed by atoms with Gasteiger partial charge in [-0.25, -0.2) is 4.98 Å². The van der Waals surface area contributed by atoms with Gasteiger partial charge in [0, 0.05) is 16.8 Å². The third-order valence-electron chi connectivity index (χ3n) is 3.64. The lowest BCUT2D eigenvalue weighted by Gasteiger charge is -2.16. The number of rotatable bonds is 3. The molecule has 4 heteroatoms. The number of para-hydroxylation sites is 1. The number of benzene rings is 2. The van der Waals surface area contributed by atoms with Gasteiger partial charge in [-0.15, -0.1) is 0 Å². The van der Waals surface area contributed by atoms with Crippen molar-refractivity contribution < 1.29 is 9.90 Å². The number of pyridine rings is 1. The first-order valence-electron chi connectivity index (χ1n) is 6.82. The number of aliphatic carboxylic acids is 1. The molecular weight excluding hydrogens is 264 g/mol. The molecule has 0 bridgehead atoms.